The molecule has 0 bridgehead atoms. The summed E-state index contributed by atoms with van der Waals surface area (Å²) in [5.74, 6) is -1.17. The highest BCUT2D eigenvalue weighted by Gasteiger charge is 2.19. The number of nitrogens with one attached hydrogen (secondary N) is 2. The molecule has 0 aromatic carbocycles. The Labute approximate surface area is 107 Å². The average molecular weight is 280 g/mol. The fraction of sp³-hybridized carbons (Fsp3) is 0.800. The summed E-state index contributed by atoms with van der Waals surface area (Å²) in [7, 11) is -3.12. The number of urea groups is 1. The van der Waals surface area contributed by atoms with Crippen LogP contribution in [0.4, 0.5) is 4.79 Å². The lowest BCUT2D eigenvalue weighted by molar-refractivity contribution is -0.137. The van der Waals surface area contributed by atoms with Crippen LogP contribution >= 0.6 is 0 Å². The van der Waals surface area contributed by atoms with Gasteiger partial charge in [-0.2, -0.15) is 0 Å². The molecule has 7 nitrogen and oxygen atoms in total. The van der Waals surface area contributed by atoms with E-state index in [0.717, 1.165) is 6.26 Å². The van der Waals surface area contributed by atoms with Gasteiger partial charge in [-0.05, 0) is 5.92 Å². The Kier molecular flexibility index (Phi) is 6.67. The molecule has 3 N–H and O–H groups in total. The topological polar surface area (TPSA) is 113 Å². The number of rotatable bonds is 7. The Morgan fingerprint density at radius 1 is 1.28 bits per heavy atom. The van der Waals surface area contributed by atoms with E-state index in [4.69, 9.17) is 5.11 Å². The molecule has 0 aromatic heterocycles. The van der Waals surface area contributed by atoms with Crippen LogP contribution in [-0.4, -0.2) is 50.1 Å². The molecule has 0 saturated carbocycles. The van der Waals surface area contributed by atoms with Crippen molar-refractivity contribution in [1.29, 1.82) is 0 Å². The number of hydrogen-bond acceptors (Lipinski definition) is 4. The van der Waals surface area contributed by atoms with Gasteiger partial charge in [0.1, 0.15) is 9.84 Å². The van der Waals surface area contributed by atoms with Gasteiger partial charge in [0.15, 0.2) is 0 Å². The molecule has 0 radical (unpaired) electrons. The summed E-state index contributed by atoms with van der Waals surface area (Å²) >= 11 is 0. The Morgan fingerprint density at radius 2 is 1.83 bits per heavy atom. The van der Waals surface area contributed by atoms with E-state index in [0.29, 0.717) is 0 Å². The Balaban J connectivity index is 4.14. The van der Waals surface area contributed by atoms with Gasteiger partial charge in [0, 0.05) is 18.8 Å². The fourth-order valence-electron chi connectivity index (χ4n) is 1.21. The van der Waals surface area contributed by atoms with Crippen molar-refractivity contribution in [2.24, 2.45) is 5.92 Å². The van der Waals surface area contributed by atoms with Gasteiger partial charge in [-0.25, -0.2) is 13.2 Å². The number of carboxylic acid groups (broad SMARTS) is 1. The summed E-state index contributed by atoms with van der Waals surface area (Å²) in [6, 6.07) is -1.04. The summed E-state index contributed by atoms with van der Waals surface area (Å²) in [5.41, 5.74) is 0. The van der Waals surface area contributed by atoms with Gasteiger partial charge in [-0.1, -0.05) is 13.8 Å². The third-order valence-electron chi connectivity index (χ3n) is 2.27. The van der Waals surface area contributed by atoms with E-state index in [1.807, 2.05) is 0 Å². The SMILES string of the molecule is CC(C)C(CC(=O)O)NC(=O)NCCS(C)(=O)=O. The molecule has 0 aliphatic rings. The molecule has 18 heavy (non-hydrogen) atoms. The molecule has 106 valence electrons. The lowest BCUT2D eigenvalue weighted by Crippen LogP contribution is -2.46. The van der Waals surface area contributed by atoms with Crippen molar-refractivity contribution in [3.05, 3.63) is 0 Å². The number of aliphatic carboxylic acids is 1. The van der Waals surface area contributed by atoms with Crippen LogP contribution in [0.1, 0.15) is 20.3 Å². The minimum absolute atomic E-state index is 0.00253. The van der Waals surface area contributed by atoms with Crippen molar-refractivity contribution in [2.45, 2.75) is 26.3 Å². The summed E-state index contributed by atoms with van der Waals surface area (Å²) in [5, 5.41) is 13.6. The second kappa shape index (κ2) is 7.20. The first-order valence-corrected chi connectivity index (χ1v) is 7.61. The van der Waals surface area contributed by atoms with E-state index in [1.165, 1.54) is 0 Å². The van der Waals surface area contributed by atoms with E-state index in [-0.39, 0.29) is 24.6 Å². The van der Waals surface area contributed by atoms with Crippen LogP contribution in [0.3, 0.4) is 0 Å². The van der Waals surface area contributed by atoms with Gasteiger partial charge in [0.25, 0.3) is 0 Å². The van der Waals surface area contributed by atoms with Crippen LogP contribution < -0.4 is 10.6 Å². The highest BCUT2D eigenvalue weighted by Crippen LogP contribution is 2.05. The van der Waals surface area contributed by atoms with Gasteiger partial charge in [0.05, 0.1) is 12.2 Å². The molecule has 0 heterocycles. The lowest BCUT2D eigenvalue weighted by Gasteiger charge is -2.20. The molecular formula is C10H20N2O5S. The third kappa shape index (κ3) is 8.80. The van der Waals surface area contributed by atoms with Gasteiger partial charge in [-0.15, -0.1) is 0 Å². The van der Waals surface area contributed by atoms with Crippen molar-refractivity contribution >= 4 is 21.8 Å². The number of carboxylic acids is 1. The lowest BCUT2D eigenvalue weighted by atomic mass is 10.0. The third-order valence-corrected chi connectivity index (χ3v) is 3.22. The zero-order chi connectivity index (χ0) is 14.3. The van der Waals surface area contributed by atoms with Gasteiger partial charge in [-0.3, -0.25) is 4.79 Å². The maximum absolute atomic E-state index is 11.4. The second-order valence-corrected chi connectivity index (χ2v) is 6.74. The fourth-order valence-corrected chi connectivity index (χ4v) is 1.68. The average Bonchev–Trinajstić information content (AvgIpc) is 2.13. The van der Waals surface area contributed by atoms with E-state index >= 15 is 0 Å². The van der Waals surface area contributed by atoms with E-state index in [2.05, 4.69) is 10.6 Å². The van der Waals surface area contributed by atoms with Crippen LogP contribution in [0.25, 0.3) is 0 Å². The zero-order valence-electron chi connectivity index (χ0n) is 10.8. The molecule has 1 atom stereocenters. The van der Waals surface area contributed by atoms with Crippen molar-refractivity contribution in [3.8, 4) is 0 Å². The highest BCUT2D eigenvalue weighted by molar-refractivity contribution is 7.90. The highest BCUT2D eigenvalue weighted by atomic mass is 32.2. The molecule has 0 fully saturated rings. The predicted octanol–water partition coefficient (Wildman–Crippen LogP) is -0.170. The van der Waals surface area contributed by atoms with Gasteiger partial charge < -0.3 is 15.7 Å². The van der Waals surface area contributed by atoms with Crippen molar-refractivity contribution < 1.29 is 23.1 Å². The van der Waals surface area contributed by atoms with Gasteiger partial charge >= 0.3 is 12.0 Å². The Bertz CT molecular complexity index is 391. The van der Waals surface area contributed by atoms with Crippen molar-refractivity contribution in [3.63, 3.8) is 0 Å². The predicted molar refractivity (Wildman–Crippen MR) is 67.1 cm³/mol. The van der Waals surface area contributed by atoms with Crippen LogP contribution in [-0.2, 0) is 14.6 Å². The van der Waals surface area contributed by atoms with Gasteiger partial charge in [0.2, 0.25) is 0 Å². The molecule has 0 aromatic rings. The van der Waals surface area contributed by atoms with Crippen LogP contribution in [0.15, 0.2) is 0 Å². The van der Waals surface area contributed by atoms with Crippen LogP contribution in [0.2, 0.25) is 0 Å². The molecular weight excluding hydrogens is 260 g/mol. The summed E-state index contributed by atoms with van der Waals surface area (Å²) in [6.07, 6.45) is 0.908. The first kappa shape index (κ1) is 16.7. The number of amides is 2. The summed E-state index contributed by atoms with van der Waals surface area (Å²) in [6.45, 7) is 3.59. The smallest absolute Gasteiger partial charge is 0.315 e. The quantitative estimate of drug-likeness (QED) is 0.599. The maximum Gasteiger partial charge on any atom is 0.315 e. The van der Waals surface area contributed by atoms with Crippen molar-refractivity contribution in [1.82, 2.24) is 10.6 Å². The standard InChI is InChI=1S/C10H20N2O5S/c1-7(2)8(6-9(13)14)12-10(15)11-4-5-18(3,16)17/h7-8H,4-6H2,1-3H3,(H,13,14)(H2,11,12,15). The largest absolute Gasteiger partial charge is 0.481 e. The van der Waals surface area contributed by atoms with E-state index in [9.17, 15) is 18.0 Å². The molecule has 0 rings (SSSR count). The molecule has 0 aliphatic carbocycles. The Morgan fingerprint density at radius 3 is 2.22 bits per heavy atom. The minimum Gasteiger partial charge on any atom is -0.481 e. The van der Waals surface area contributed by atoms with E-state index < -0.39 is 27.9 Å². The Hall–Kier alpha value is -1.31. The van der Waals surface area contributed by atoms with Crippen LogP contribution in [0.5, 0.6) is 0 Å². The maximum atomic E-state index is 11.4. The normalized spacial score (nSPS) is 13.1. The van der Waals surface area contributed by atoms with Crippen molar-refractivity contribution in [2.75, 3.05) is 18.6 Å². The van der Waals surface area contributed by atoms with E-state index in [1.54, 1.807) is 13.8 Å². The first-order valence-electron chi connectivity index (χ1n) is 5.55. The summed E-state index contributed by atoms with van der Waals surface area (Å²) in [4.78, 5) is 22.0. The number of carbonyl (C=O) groups excluding carboxylic acids is 1. The monoisotopic (exact) mass is 280 g/mol. The number of hydrogen-bond donors (Lipinski definition) is 3. The van der Waals surface area contributed by atoms with Crippen LogP contribution in [0, 0.1) is 5.92 Å². The second-order valence-electron chi connectivity index (χ2n) is 4.48. The first-order chi connectivity index (χ1) is 8.11. The molecule has 2 amide bonds. The number of sulfone groups is 1. The molecule has 8 heteroatoms. The molecule has 1 unspecified atom stereocenters. The molecule has 0 saturated heterocycles. The summed E-state index contributed by atoms with van der Waals surface area (Å²) < 4.78 is 21.7. The zero-order valence-corrected chi connectivity index (χ0v) is 11.6. The molecule has 0 spiro atoms. The number of carbonyl (C=O) groups is 2. The molecule has 0 aliphatic heterocycles. The minimum atomic E-state index is -3.12.